The van der Waals surface area contributed by atoms with Gasteiger partial charge in [-0.1, -0.05) is 17.7 Å². The van der Waals surface area contributed by atoms with Gasteiger partial charge in [-0.25, -0.2) is 9.37 Å². The fraction of sp³-hybridized carbons (Fsp3) is 0.333. The molecular weight excluding hydrogens is 397 g/mol. The van der Waals surface area contributed by atoms with Crippen LogP contribution in [-0.4, -0.2) is 24.0 Å². The molecule has 2 aromatic heterocycles. The molecule has 1 saturated heterocycles. The van der Waals surface area contributed by atoms with Gasteiger partial charge < -0.3 is 10.2 Å². The average molecular weight is 418 g/mol. The molecule has 1 aliphatic heterocycles. The van der Waals surface area contributed by atoms with Crippen LogP contribution < -0.4 is 10.2 Å². The van der Waals surface area contributed by atoms with Gasteiger partial charge in [0.05, 0.1) is 0 Å². The number of halogens is 2. The third kappa shape index (κ3) is 3.98. The molecule has 1 amide bonds. The first-order chi connectivity index (χ1) is 13.5. The van der Waals surface area contributed by atoms with E-state index in [-0.39, 0.29) is 17.6 Å². The van der Waals surface area contributed by atoms with Crippen molar-refractivity contribution >= 4 is 44.7 Å². The van der Waals surface area contributed by atoms with Crippen molar-refractivity contribution in [2.45, 2.75) is 26.3 Å². The molecule has 1 aliphatic rings. The molecule has 146 valence electrons. The maximum Gasteiger partial charge on any atom is 0.223 e. The molecule has 0 aliphatic carbocycles. The van der Waals surface area contributed by atoms with E-state index in [0.29, 0.717) is 11.6 Å². The highest BCUT2D eigenvalue weighted by atomic mass is 35.5. The van der Waals surface area contributed by atoms with Crippen LogP contribution in [0.5, 0.6) is 0 Å². The van der Waals surface area contributed by atoms with Crippen LogP contribution in [0.1, 0.15) is 23.3 Å². The second-order valence-electron chi connectivity index (χ2n) is 7.12. The lowest BCUT2D eigenvalue weighted by atomic mass is 9.95. The fourth-order valence-electron chi connectivity index (χ4n) is 3.67. The Morgan fingerprint density at radius 3 is 2.86 bits per heavy atom. The molecule has 1 aromatic carbocycles. The maximum absolute atomic E-state index is 13.1. The van der Waals surface area contributed by atoms with Crippen LogP contribution in [0.4, 0.5) is 10.2 Å². The number of pyridine rings is 1. The third-order valence-electron chi connectivity index (χ3n) is 5.18. The summed E-state index contributed by atoms with van der Waals surface area (Å²) in [6.45, 7) is 4.03. The van der Waals surface area contributed by atoms with Crippen molar-refractivity contribution in [3.8, 4) is 0 Å². The minimum absolute atomic E-state index is 0.0255. The number of nitrogens with zero attached hydrogens (tertiary/aromatic N) is 2. The second kappa shape index (κ2) is 8.05. The summed E-state index contributed by atoms with van der Waals surface area (Å²) in [4.78, 5) is 20.7. The van der Waals surface area contributed by atoms with Gasteiger partial charge in [0.1, 0.15) is 11.6 Å². The van der Waals surface area contributed by atoms with Crippen molar-refractivity contribution in [2.75, 3.05) is 18.0 Å². The number of piperidine rings is 1. The van der Waals surface area contributed by atoms with Gasteiger partial charge in [0, 0.05) is 51.7 Å². The Morgan fingerprint density at radius 1 is 1.32 bits per heavy atom. The summed E-state index contributed by atoms with van der Waals surface area (Å²) >= 11 is 7.81. The number of anilines is 1. The monoisotopic (exact) mass is 417 g/mol. The van der Waals surface area contributed by atoms with E-state index in [4.69, 9.17) is 11.6 Å². The maximum atomic E-state index is 13.1. The van der Waals surface area contributed by atoms with Crippen molar-refractivity contribution in [2.24, 2.45) is 5.92 Å². The van der Waals surface area contributed by atoms with E-state index in [1.54, 1.807) is 17.4 Å². The number of nitrogens with one attached hydrogen (secondary N) is 1. The number of fused-ring (bicyclic) bond motifs is 1. The van der Waals surface area contributed by atoms with Crippen molar-refractivity contribution in [3.63, 3.8) is 0 Å². The molecule has 3 heterocycles. The lowest BCUT2D eigenvalue weighted by Crippen LogP contribution is -2.40. The molecule has 0 atom stereocenters. The second-order valence-corrected chi connectivity index (χ2v) is 8.81. The van der Waals surface area contributed by atoms with Crippen molar-refractivity contribution in [1.82, 2.24) is 10.3 Å². The number of amides is 1. The highest BCUT2D eigenvalue weighted by Gasteiger charge is 2.26. The number of hydrogen-bond acceptors (Lipinski definition) is 4. The normalized spacial score (nSPS) is 15.2. The molecule has 1 fully saturated rings. The van der Waals surface area contributed by atoms with E-state index in [0.717, 1.165) is 37.3 Å². The van der Waals surface area contributed by atoms with Crippen LogP contribution in [0.25, 0.3) is 10.1 Å². The van der Waals surface area contributed by atoms with Crippen molar-refractivity contribution in [1.29, 1.82) is 0 Å². The molecule has 0 unspecified atom stereocenters. The summed E-state index contributed by atoms with van der Waals surface area (Å²) in [5.41, 5.74) is 0.720. The zero-order valence-corrected chi connectivity index (χ0v) is 17.1. The zero-order valence-electron chi connectivity index (χ0n) is 15.5. The van der Waals surface area contributed by atoms with Gasteiger partial charge in [-0.2, -0.15) is 0 Å². The molecule has 1 N–H and O–H groups in total. The topological polar surface area (TPSA) is 45.2 Å². The molecule has 0 spiro atoms. The van der Waals surface area contributed by atoms with E-state index in [1.807, 2.05) is 6.20 Å². The van der Waals surface area contributed by atoms with Crippen molar-refractivity contribution in [3.05, 3.63) is 57.8 Å². The van der Waals surface area contributed by atoms with E-state index < -0.39 is 0 Å². The summed E-state index contributed by atoms with van der Waals surface area (Å²) < 4.78 is 14.4. The number of thiophene rings is 1. The van der Waals surface area contributed by atoms with Gasteiger partial charge in [0.15, 0.2) is 0 Å². The summed E-state index contributed by atoms with van der Waals surface area (Å²) in [6, 6.07) is 8.47. The number of carbonyl (C=O) groups excluding carboxylic acids is 1. The largest absolute Gasteiger partial charge is 0.356 e. The van der Waals surface area contributed by atoms with Crippen LogP contribution in [-0.2, 0) is 11.3 Å². The van der Waals surface area contributed by atoms with Crippen molar-refractivity contribution < 1.29 is 9.18 Å². The van der Waals surface area contributed by atoms with E-state index in [2.05, 4.69) is 34.3 Å². The number of benzene rings is 1. The Hall–Kier alpha value is -2.18. The fourth-order valence-corrected chi connectivity index (χ4v) is 4.82. The molecule has 28 heavy (non-hydrogen) atoms. The van der Waals surface area contributed by atoms with Crippen LogP contribution >= 0.6 is 22.9 Å². The SMILES string of the molecule is Cc1cc2c(N3CCC(C(=O)NCc4ccc(F)cc4Cl)CC3)nccc2s1. The first kappa shape index (κ1) is 19.2. The number of rotatable bonds is 4. The molecule has 4 nitrogen and oxygen atoms in total. The Labute approximate surface area is 172 Å². The Balaban J connectivity index is 1.36. The Kier molecular flexibility index (Phi) is 5.51. The quantitative estimate of drug-likeness (QED) is 0.654. The lowest BCUT2D eigenvalue weighted by molar-refractivity contribution is -0.125. The van der Waals surface area contributed by atoms with Gasteiger partial charge in [0.2, 0.25) is 5.91 Å². The molecule has 7 heteroatoms. The van der Waals surface area contributed by atoms with E-state index >= 15 is 0 Å². The van der Waals surface area contributed by atoms with Gasteiger partial charge in [-0.15, -0.1) is 11.3 Å². The minimum Gasteiger partial charge on any atom is -0.356 e. The molecule has 4 rings (SSSR count). The number of aromatic nitrogens is 1. The zero-order chi connectivity index (χ0) is 19.7. The molecule has 0 bridgehead atoms. The first-order valence-electron chi connectivity index (χ1n) is 9.33. The molecular formula is C21H21ClFN3OS. The van der Waals surface area contributed by atoms with Gasteiger partial charge >= 0.3 is 0 Å². The molecule has 0 radical (unpaired) electrons. The standard InChI is InChI=1S/C21H21ClFN3OS/c1-13-10-17-19(28-13)4-7-24-20(17)26-8-5-14(6-9-26)21(27)25-12-15-2-3-16(23)11-18(15)22/h2-4,7,10-11,14H,5-6,8-9,12H2,1H3,(H,25,27). The van der Waals surface area contributed by atoms with Gasteiger partial charge in [0.25, 0.3) is 0 Å². The Bertz CT molecular complexity index is 1010. The van der Waals surface area contributed by atoms with Crippen LogP contribution in [0, 0.1) is 18.7 Å². The Morgan fingerprint density at radius 2 is 2.11 bits per heavy atom. The third-order valence-corrected chi connectivity index (χ3v) is 6.55. The van der Waals surface area contributed by atoms with E-state index in [1.165, 1.54) is 27.1 Å². The predicted octanol–water partition coefficient (Wildman–Crippen LogP) is 4.93. The van der Waals surface area contributed by atoms with Gasteiger partial charge in [-0.05, 0) is 49.6 Å². The number of hydrogen-bond donors (Lipinski definition) is 1. The average Bonchev–Trinajstić information content (AvgIpc) is 3.07. The number of carbonyl (C=O) groups is 1. The molecule has 0 saturated carbocycles. The summed E-state index contributed by atoms with van der Waals surface area (Å²) in [7, 11) is 0. The highest BCUT2D eigenvalue weighted by molar-refractivity contribution is 7.19. The van der Waals surface area contributed by atoms with Crippen LogP contribution in [0.3, 0.4) is 0 Å². The lowest BCUT2D eigenvalue weighted by Gasteiger charge is -2.32. The highest BCUT2D eigenvalue weighted by Crippen LogP contribution is 2.33. The summed E-state index contributed by atoms with van der Waals surface area (Å²) in [5, 5.41) is 4.47. The van der Waals surface area contributed by atoms with Gasteiger partial charge in [-0.3, -0.25) is 4.79 Å². The van der Waals surface area contributed by atoms with Crippen LogP contribution in [0.2, 0.25) is 5.02 Å². The smallest absolute Gasteiger partial charge is 0.223 e. The summed E-state index contributed by atoms with van der Waals surface area (Å²) in [5.74, 6) is 0.632. The van der Waals surface area contributed by atoms with E-state index in [9.17, 15) is 9.18 Å². The van der Waals surface area contributed by atoms with Crippen LogP contribution in [0.15, 0.2) is 36.5 Å². The predicted molar refractivity (Wildman–Crippen MR) is 113 cm³/mol. The minimum atomic E-state index is -0.378. The summed E-state index contributed by atoms with van der Waals surface area (Å²) in [6.07, 6.45) is 3.42. The number of aryl methyl sites for hydroxylation is 1. The first-order valence-corrected chi connectivity index (χ1v) is 10.5. The molecule has 3 aromatic rings.